The van der Waals surface area contributed by atoms with Gasteiger partial charge in [-0.25, -0.2) is 9.97 Å². The predicted octanol–water partition coefficient (Wildman–Crippen LogP) is 5.57. The number of fused-ring (bicyclic) bond motifs is 8. The van der Waals surface area contributed by atoms with Crippen molar-refractivity contribution in [2.24, 2.45) is 0 Å². The fraction of sp³-hybridized carbons (Fsp3) is 0. The van der Waals surface area contributed by atoms with E-state index < -0.39 is 10.1 Å². The third-order valence-corrected chi connectivity index (χ3v) is 6.54. The maximum absolute atomic E-state index is 12.1. The van der Waals surface area contributed by atoms with Crippen molar-refractivity contribution in [2.75, 3.05) is 0 Å². The number of hydrogen-bond acceptors (Lipinski definition) is 4. The fourth-order valence-electron chi connectivity index (χ4n) is 4.16. The van der Waals surface area contributed by atoms with Crippen molar-refractivity contribution in [3.05, 3.63) is 89.5 Å². The normalized spacial score (nSPS) is 12.5. The Hall–Kier alpha value is -3.75. The molecule has 0 saturated heterocycles. The third-order valence-electron chi connectivity index (χ3n) is 5.62. The van der Waals surface area contributed by atoms with Gasteiger partial charge in [-0.1, -0.05) is 18.2 Å². The summed E-state index contributed by atoms with van der Waals surface area (Å²) in [7, 11) is -4.41. The molecule has 8 bridgehead atoms. The van der Waals surface area contributed by atoms with Crippen LogP contribution in [0.2, 0.25) is 0 Å². The summed E-state index contributed by atoms with van der Waals surface area (Å²) in [5.41, 5.74) is 7.38. The molecule has 173 valence electrons. The van der Waals surface area contributed by atoms with Gasteiger partial charge in [-0.05, 0) is 72.8 Å². The van der Waals surface area contributed by atoms with Crippen molar-refractivity contribution in [3.63, 3.8) is 0 Å². The van der Waals surface area contributed by atoms with Gasteiger partial charge in [0.05, 0.1) is 22.8 Å². The van der Waals surface area contributed by atoms with Crippen LogP contribution in [0.15, 0.2) is 71.6 Å². The van der Waals surface area contributed by atoms with Gasteiger partial charge >= 0.3 is 0 Å². The average molecular weight is 521 g/mol. The van der Waals surface area contributed by atoms with Crippen LogP contribution >= 0.6 is 0 Å². The minimum absolute atomic E-state index is 0. The molecule has 0 atom stereocenters. The molecule has 4 aromatic rings. The number of hydrogen-bond donors (Lipinski definition) is 3. The quantitative estimate of drug-likeness (QED) is 0.204. The zero-order valence-corrected chi connectivity index (χ0v) is 20.1. The Morgan fingerprint density at radius 2 is 1.23 bits per heavy atom. The molecule has 0 amide bonds. The maximum Gasteiger partial charge on any atom is 0.295 e. The second kappa shape index (κ2) is 8.79. The summed E-state index contributed by atoms with van der Waals surface area (Å²) in [6, 6.07) is 19.8. The summed E-state index contributed by atoms with van der Waals surface area (Å²) >= 11 is 0. The second-order valence-corrected chi connectivity index (χ2v) is 9.45. The molecule has 9 heteroatoms. The molecule has 35 heavy (non-hydrogen) atoms. The molecule has 7 nitrogen and oxygen atoms in total. The topological polar surface area (TPSA) is 112 Å². The van der Waals surface area contributed by atoms with E-state index in [-0.39, 0.29) is 22.0 Å². The first kappa shape index (κ1) is 23.0. The zero-order valence-electron chi connectivity index (χ0n) is 18.1. The Bertz CT molecular complexity index is 1800. The molecule has 2 aliphatic rings. The summed E-state index contributed by atoms with van der Waals surface area (Å²) in [5, 5.41) is 0. The van der Waals surface area contributed by atoms with E-state index >= 15 is 0 Å². The molecular weight excluding hydrogens is 503 g/mol. The summed E-state index contributed by atoms with van der Waals surface area (Å²) in [6.45, 7) is 0. The summed E-state index contributed by atoms with van der Waals surface area (Å²) < 4.78 is 33.9. The van der Waals surface area contributed by atoms with Crippen LogP contribution in [0.1, 0.15) is 22.8 Å². The average Bonchev–Trinajstić information content (AvgIpc) is 3.58. The molecule has 6 rings (SSSR count). The van der Waals surface area contributed by atoms with Gasteiger partial charge in [0.15, 0.2) is 0 Å². The molecule has 0 spiro atoms. The van der Waals surface area contributed by atoms with E-state index in [1.807, 2.05) is 66.8 Å². The Morgan fingerprint density at radius 1 is 0.629 bits per heavy atom. The molecule has 1 radical (unpaired) electrons. The van der Waals surface area contributed by atoms with Crippen molar-refractivity contribution in [2.45, 2.75) is 4.90 Å². The number of aromatic nitrogens is 4. The van der Waals surface area contributed by atoms with Crippen molar-refractivity contribution in [3.8, 4) is 11.1 Å². The van der Waals surface area contributed by atoms with E-state index in [4.69, 9.17) is 0 Å². The van der Waals surface area contributed by atoms with Gasteiger partial charge in [0, 0.05) is 50.3 Å². The molecule has 1 aromatic carbocycles. The SMILES string of the molecule is O=S(=O)(O)c1ccccc1-c1cc2cc3ccc(cc4nc(cc5nc(cc1[nH]2)C=C5)C=C4)[nH]3.[Mn]. The number of aromatic amines is 2. The first-order valence-corrected chi connectivity index (χ1v) is 12.0. The van der Waals surface area contributed by atoms with E-state index in [1.165, 1.54) is 6.07 Å². The zero-order chi connectivity index (χ0) is 23.3. The van der Waals surface area contributed by atoms with Crippen molar-refractivity contribution < 1.29 is 30.0 Å². The van der Waals surface area contributed by atoms with Crippen LogP contribution < -0.4 is 0 Å². The van der Waals surface area contributed by atoms with Crippen LogP contribution in [-0.2, 0) is 27.2 Å². The Labute approximate surface area is 211 Å². The molecule has 5 heterocycles. The molecular formula is C26H18MnN4O3S. The van der Waals surface area contributed by atoms with Crippen LogP contribution in [0.25, 0.3) is 57.5 Å². The first-order valence-electron chi connectivity index (χ1n) is 10.6. The Balaban J connectivity index is 0.00000253. The van der Waals surface area contributed by atoms with Gasteiger partial charge in [0.2, 0.25) is 0 Å². The second-order valence-electron chi connectivity index (χ2n) is 8.06. The monoisotopic (exact) mass is 521 g/mol. The van der Waals surface area contributed by atoms with E-state index in [0.29, 0.717) is 22.3 Å². The van der Waals surface area contributed by atoms with Gasteiger partial charge in [0.1, 0.15) is 4.90 Å². The van der Waals surface area contributed by atoms with E-state index in [9.17, 15) is 13.0 Å². The molecule has 0 fully saturated rings. The van der Waals surface area contributed by atoms with Crippen LogP contribution in [0, 0.1) is 0 Å². The molecule has 0 unspecified atom stereocenters. The van der Waals surface area contributed by atoms with E-state index in [0.717, 1.165) is 33.6 Å². The van der Waals surface area contributed by atoms with E-state index in [2.05, 4.69) is 19.9 Å². The Kier molecular flexibility index (Phi) is 5.78. The smallest absolute Gasteiger partial charge is 0.295 e. The Morgan fingerprint density at radius 3 is 1.91 bits per heavy atom. The number of nitrogens with zero attached hydrogens (tertiary/aromatic N) is 2. The summed E-state index contributed by atoms with van der Waals surface area (Å²) in [4.78, 5) is 15.8. The molecule has 3 aromatic heterocycles. The van der Waals surface area contributed by atoms with Gasteiger partial charge in [-0.3, -0.25) is 4.55 Å². The van der Waals surface area contributed by atoms with Crippen LogP contribution in [-0.4, -0.2) is 32.9 Å². The van der Waals surface area contributed by atoms with Crippen LogP contribution in [0.5, 0.6) is 0 Å². The molecule has 2 aliphatic heterocycles. The number of benzene rings is 1. The van der Waals surface area contributed by atoms with Crippen molar-refractivity contribution in [1.29, 1.82) is 0 Å². The van der Waals surface area contributed by atoms with Gasteiger partial charge < -0.3 is 9.97 Å². The van der Waals surface area contributed by atoms with Crippen molar-refractivity contribution >= 4 is 56.5 Å². The van der Waals surface area contributed by atoms with Crippen LogP contribution in [0.4, 0.5) is 0 Å². The largest absolute Gasteiger partial charge is 0.355 e. The predicted molar refractivity (Wildman–Crippen MR) is 134 cm³/mol. The van der Waals surface area contributed by atoms with Crippen molar-refractivity contribution in [1.82, 2.24) is 19.9 Å². The minimum Gasteiger partial charge on any atom is -0.355 e. The summed E-state index contributed by atoms with van der Waals surface area (Å²) in [6.07, 6.45) is 7.69. The van der Waals surface area contributed by atoms with Crippen LogP contribution in [0.3, 0.4) is 0 Å². The molecule has 3 N–H and O–H groups in total. The summed E-state index contributed by atoms with van der Waals surface area (Å²) in [5.74, 6) is 0. The van der Waals surface area contributed by atoms with Gasteiger partial charge in [-0.2, -0.15) is 8.42 Å². The van der Waals surface area contributed by atoms with Gasteiger partial charge in [-0.15, -0.1) is 0 Å². The third kappa shape index (κ3) is 4.62. The molecule has 0 aliphatic carbocycles. The number of rotatable bonds is 2. The maximum atomic E-state index is 12.1. The number of H-pyrrole nitrogens is 2. The standard InChI is InChI=1S/C26H18N4O3S.Mn/c31-34(32,33)26-4-2-1-3-23(26)24-14-22-13-20-8-7-18(28-20)11-16-5-6-17(27-16)12-19-9-10-21(29-19)15-25(24)30-22;/h1-15,28,30H,(H,31,32,33);. The van der Waals surface area contributed by atoms with Gasteiger partial charge in [0.25, 0.3) is 10.1 Å². The molecule has 0 saturated carbocycles. The first-order chi connectivity index (χ1) is 16.4. The fourth-order valence-corrected chi connectivity index (χ4v) is 4.86. The van der Waals surface area contributed by atoms with E-state index in [1.54, 1.807) is 18.2 Å². The minimum atomic E-state index is -4.41. The number of nitrogens with one attached hydrogen (secondary N) is 2.